The molecule has 0 N–H and O–H groups in total. The van der Waals surface area contributed by atoms with Crippen LogP contribution in [-0.4, -0.2) is 51.0 Å². The SMILES string of the molecule is COC(=O)c1ccc(C[C@]2(C)O[C@H](c3cccc(Cl)c3)[C@@H](c3ccc(Cl)cc3)N(C(CSC(C)(C)C)C3CC3)C2=O)nc1. The van der Waals surface area contributed by atoms with Gasteiger partial charge in [0.25, 0.3) is 5.91 Å². The van der Waals surface area contributed by atoms with Crippen LogP contribution in [0.1, 0.15) is 79.9 Å². The molecule has 3 aromatic rings. The molecule has 1 unspecified atom stereocenters. The number of hydrogen-bond acceptors (Lipinski definition) is 6. The molecule has 43 heavy (non-hydrogen) atoms. The molecular formula is C34H38Cl2N2O4S. The highest BCUT2D eigenvalue weighted by molar-refractivity contribution is 8.00. The van der Waals surface area contributed by atoms with E-state index in [4.69, 9.17) is 32.7 Å². The van der Waals surface area contributed by atoms with Crippen molar-refractivity contribution >= 4 is 46.8 Å². The fourth-order valence-corrected chi connectivity index (χ4v) is 7.15. The number of methoxy groups -OCH3 is 1. The summed E-state index contributed by atoms with van der Waals surface area (Å²) in [5.74, 6) is 0.690. The van der Waals surface area contributed by atoms with Crippen LogP contribution < -0.4 is 0 Å². The zero-order valence-corrected chi connectivity index (χ0v) is 27.5. The Morgan fingerprint density at radius 2 is 1.81 bits per heavy atom. The third-order valence-electron chi connectivity index (χ3n) is 8.02. The number of ether oxygens (including phenoxy) is 2. The van der Waals surface area contributed by atoms with Crippen molar-refractivity contribution in [2.75, 3.05) is 12.9 Å². The monoisotopic (exact) mass is 640 g/mol. The molecule has 5 rings (SSSR count). The molecule has 4 atom stereocenters. The smallest absolute Gasteiger partial charge is 0.339 e. The minimum atomic E-state index is -1.23. The lowest BCUT2D eigenvalue weighted by Gasteiger charge is -2.52. The minimum absolute atomic E-state index is 0.0111. The number of thioether (sulfide) groups is 1. The molecule has 1 aliphatic carbocycles. The zero-order valence-electron chi connectivity index (χ0n) is 25.2. The number of carbonyl (C=O) groups is 2. The second-order valence-electron chi connectivity index (χ2n) is 12.6. The first kappa shape index (κ1) is 31.8. The summed E-state index contributed by atoms with van der Waals surface area (Å²) in [4.78, 5) is 33.5. The Labute approximate surface area is 268 Å². The van der Waals surface area contributed by atoms with Crippen molar-refractivity contribution in [2.45, 2.75) is 75.5 Å². The predicted octanol–water partition coefficient (Wildman–Crippen LogP) is 8.13. The van der Waals surface area contributed by atoms with Crippen LogP contribution in [0.25, 0.3) is 0 Å². The van der Waals surface area contributed by atoms with Gasteiger partial charge in [0.2, 0.25) is 0 Å². The van der Waals surface area contributed by atoms with Gasteiger partial charge in [-0.05, 0) is 73.2 Å². The first-order chi connectivity index (χ1) is 20.4. The summed E-state index contributed by atoms with van der Waals surface area (Å²) in [5.41, 5.74) is 1.61. The molecule has 228 valence electrons. The van der Waals surface area contributed by atoms with E-state index in [9.17, 15) is 9.59 Å². The lowest BCUT2D eigenvalue weighted by atomic mass is 9.85. The van der Waals surface area contributed by atoms with Crippen LogP contribution in [0.5, 0.6) is 0 Å². The maximum atomic E-state index is 14.9. The van der Waals surface area contributed by atoms with Crippen molar-refractivity contribution in [1.82, 2.24) is 9.88 Å². The molecule has 2 heterocycles. The van der Waals surface area contributed by atoms with Crippen LogP contribution in [0.15, 0.2) is 66.9 Å². The van der Waals surface area contributed by atoms with E-state index in [1.807, 2.05) is 67.2 Å². The number of carbonyl (C=O) groups excluding carboxylic acids is 2. The Hall–Kier alpha value is -2.58. The molecule has 2 fully saturated rings. The highest BCUT2D eigenvalue weighted by Gasteiger charge is 2.55. The van der Waals surface area contributed by atoms with Gasteiger partial charge in [0.05, 0.1) is 18.7 Å². The molecule has 1 amide bonds. The fraction of sp³-hybridized carbons (Fsp3) is 0.441. The van der Waals surface area contributed by atoms with E-state index in [1.165, 1.54) is 13.3 Å². The van der Waals surface area contributed by atoms with E-state index in [2.05, 4.69) is 30.7 Å². The number of amides is 1. The average molecular weight is 642 g/mol. The number of halogens is 2. The maximum Gasteiger partial charge on any atom is 0.339 e. The van der Waals surface area contributed by atoms with Gasteiger partial charge in [-0.25, -0.2) is 4.79 Å². The first-order valence-corrected chi connectivity index (χ1v) is 16.3. The number of pyridine rings is 1. The second-order valence-corrected chi connectivity index (χ2v) is 15.3. The topological polar surface area (TPSA) is 68.7 Å². The highest BCUT2D eigenvalue weighted by Crippen LogP contribution is 2.51. The Bertz CT molecular complexity index is 1460. The van der Waals surface area contributed by atoms with Crippen LogP contribution in [0.2, 0.25) is 10.0 Å². The molecular weight excluding hydrogens is 603 g/mol. The van der Waals surface area contributed by atoms with E-state index in [0.29, 0.717) is 27.2 Å². The zero-order chi connectivity index (χ0) is 30.9. The van der Waals surface area contributed by atoms with Gasteiger partial charge in [-0.2, -0.15) is 11.8 Å². The van der Waals surface area contributed by atoms with Crippen LogP contribution in [-0.2, 0) is 20.7 Å². The lowest BCUT2D eigenvalue weighted by molar-refractivity contribution is -0.202. The molecule has 2 aliphatic rings. The van der Waals surface area contributed by atoms with Gasteiger partial charge in [0.1, 0.15) is 6.10 Å². The van der Waals surface area contributed by atoms with Gasteiger partial charge in [-0.15, -0.1) is 0 Å². The van der Waals surface area contributed by atoms with Gasteiger partial charge in [0.15, 0.2) is 5.60 Å². The summed E-state index contributed by atoms with van der Waals surface area (Å²) < 4.78 is 11.8. The largest absolute Gasteiger partial charge is 0.465 e. The molecule has 0 bridgehead atoms. The molecule has 9 heteroatoms. The van der Waals surface area contributed by atoms with E-state index in [1.54, 1.807) is 12.1 Å². The number of aromatic nitrogens is 1. The lowest BCUT2D eigenvalue weighted by Crippen LogP contribution is -2.62. The normalized spacial score (nSPS) is 23.2. The molecule has 0 spiro atoms. The van der Waals surface area contributed by atoms with Crippen LogP contribution in [0.4, 0.5) is 0 Å². The Kier molecular flexibility index (Phi) is 9.48. The van der Waals surface area contributed by atoms with Crippen molar-refractivity contribution in [3.63, 3.8) is 0 Å². The van der Waals surface area contributed by atoms with E-state index >= 15 is 0 Å². The van der Waals surface area contributed by atoms with Crippen molar-refractivity contribution in [3.8, 4) is 0 Å². The van der Waals surface area contributed by atoms with Gasteiger partial charge >= 0.3 is 5.97 Å². The van der Waals surface area contributed by atoms with Gasteiger partial charge in [-0.1, -0.05) is 68.2 Å². The third kappa shape index (κ3) is 7.39. The van der Waals surface area contributed by atoms with Crippen molar-refractivity contribution in [3.05, 3.63) is 99.3 Å². The second kappa shape index (κ2) is 12.8. The Morgan fingerprint density at radius 1 is 1.09 bits per heavy atom. The van der Waals surface area contributed by atoms with Gasteiger partial charge in [0, 0.05) is 44.9 Å². The summed E-state index contributed by atoms with van der Waals surface area (Å²) in [6.45, 7) is 8.49. The van der Waals surface area contributed by atoms with E-state index in [-0.39, 0.29) is 23.1 Å². The summed E-state index contributed by atoms with van der Waals surface area (Å²) in [6, 6.07) is 18.4. The molecule has 6 nitrogen and oxygen atoms in total. The van der Waals surface area contributed by atoms with Crippen molar-refractivity contribution < 1.29 is 19.1 Å². The Balaban J connectivity index is 1.62. The quantitative estimate of drug-likeness (QED) is 0.220. The number of nitrogens with zero attached hydrogens (tertiary/aromatic N) is 2. The summed E-state index contributed by atoms with van der Waals surface area (Å²) in [6.07, 6.45) is 3.38. The van der Waals surface area contributed by atoms with Crippen LogP contribution in [0, 0.1) is 5.92 Å². The van der Waals surface area contributed by atoms with Crippen molar-refractivity contribution in [1.29, 1.82) is 0 Å². The molecule has 0 radical (unpaired) electrons. The summed E-state index contributed by atoms with van der Waals surface area (Å²) in [7, 11) is 1.34. The van der Waals surface area contributed by atoms with Gasteiger partial charge < -0.3 is 14.4 Å². The first-order valence-electron chi connectivity index (χ1n) is 14.6. The number of rotatable bonds is 9. The molecule has 2 aromatic carbocycles. The molecule has 1 aromatic heterocycles. The van der Waals surface area contributed by atoms with E-state index < -0.39 is 23.7 Å². The number of hydrogen-bond donors (Lipinski definition) is 0. The minimum Gasteiger partial charge on any atom is -0.465 e. The average Bonchev–Trinajstić information content (AvgIpc) is 3.81. The van der Waals surface area contributed by atoms with Crippen LogP contribution in [0.3, 0.4) is 0 Å². The summed E-state index contributed by atoms with van der Waals surface area (Å²) >= 11 is 14.7. The van der Waals surface area contributed by atoms with Crippen molar-refractivity contribution in [2.24, 2.45) is 5.92 Å². The van der Waals surface area contributed by atoms with Crippen LogP contribution >= 0.6 is 35.0 Å². The van der Waals surface area contributed by atoms with Gasteiger partial charge in [-0.3, -0.25) is 9.78 Å². The van der Waals surface area contributed by atoms with E-state index in [0.717, 1.165) is 29.7 Å². The highest BCUT2D eigenvalue weighted by atomic mass is 35.5. The number of esters is 1. The molecule has 1 aliphatic heterocycles. The fourth-order valence-electron chi connectivity index (χ4n) is 5.72. The Morgan fingerprint density at radius 3 is 2.40 bits per heavy atom. The number of benzene rings is 2. The maximum absolute atomic E-state index is 14.9. The standard InChI is InChI=1S/C34H38Cl2N2O4S/c1-33(2,3)43-20-28(21-9-10-21)38-29(22-11-14-25(35)15-12-22)30(23-7-6-8-26(36)17-23)42-34(4,32(38)40)18-27-16-13-24(19-37-27)31(39)41-5/h6-8,11-17,19,21,28-30H,9-10,18,20H2,1-5H3/t28?,29-,30-,34+/m1/s1. The summed E-state index contributed by atoms with van der Waals surface area (Å²) in [5, 5.41) is 1.23. The number of morpholine rings is 1. The third-order valence-corrected chi connectivity index (χ3v) is 9.89. The predicted molar refractivity (Wildman–Crippen MR) is 173 cm³/mol. The molecule has 1 saturated carbocycles. The molecule has 1 saturated heterocycles.